The van der Waals surface area contributed by atoms with Crippen LogP contribution < -0.4 is 0 Å². The molecule has 0 aliphatic heterocycles. The Labute approximate surface area is 151 Å². The molecule has 2 heteroatoms. The van der Waals surface area contributed by atoms with Crippen molar-refractivity contribution in [1.82, 2.24) is 0 Å². The average molecular weight is 343 g/mol. The van der Waals surface area contributed by atoms with Gasteiger partial charge < -0.3 is 0 Å². The Hall–Kier alpha value is -1.60. The maximum absolute atomic E-state index is 12.9. The molecule has 0 fully saturated rings. The van der Waals surface area contributed by atoms with E-state index in [-0.39, 0.29) is 11.7 Å². The van der Waals surface area contributed by atoms with Crippen LogP contribution in [0, 0.1) is 17.8 Å². The molecular weight excluding hydrogens is 316 g/mol. The van der Waals surface area contributed by atoms with Crippen LogP contribution in [0.25, 0.3) is 11.1 Å². The van der Waals surface area contributed by atoms with Crippen molar-refractivity contribution in [3.63, 3.8) is 0 Å². The van der Waals surface area contributed by atoms with Gasteiger partial charge in [0, 0.05) is 16.5 Å². The SMILES string of the molecule is CC(C)CC(CC(C)C)C(=O)c1ccc(-c2ccc(Cl)cc2)cc1. The first-order valence-corrected chi connectivity index (χ1v) is 9.14. The monoisotopic (exact) mass is 342 g/mol. The van der Waals surface area contributed by atoms with Crippen LogP contribution in [0.2, 0.25) is 5.02 Å². The van der Waals surface area contributed by atoms with Gasteiger partial charge in [0.1, 0.15) is 0 Å². The number of Topliss-reactive ketones (excluding diaryl/α,β-unsaturated/α-hetero) is 1. The second-order valence-corrected chi connectivity index (χ2v) is 7.84. The predicted molar refractivity (Wildman–Crippen MR) is 104 cm³/mol. The summed E-state index contributed by atoms with van der Waals surface area (Å²) in [6.45, 7) is 8.74. The van der Waals surface area contributed by atoms with Gasteiger partial charge in [-0.05, 0) is 47.9 Å². The summed E-state index contributed by atoms with van der Waals surface area (Å²) < 4.78 is 0. The summed E-state index contributed by atoms with van der Waals surface area (Å²) in [7, 11) is 0. The Morgan fingerprint density at radius 3 is 1.62 bits per heavy atom. The lowest BCUT2D eigenvalue weighted by Gasteiger charge is -2.20. The largest absolute Gasteiger partial charge is 0.294 e. The maximum atomic E-state index is 12.9. The zero-order valence-electron chi connectivity index (χ0n) is 15.1. The topological polar surface area (TPSA) is 17.1 Å². The van der Waals surface area contributed by atoms with Crippen molar-refractivity contribution in [3.8, 4) is 11.1 Å². The molecule has 2 aromatic carbocycles. The first kappa shape index (κ1) is 18.7. The van der Waals surface area contributed by atoms with Gasteiger partial charge in [-0.25, -0.2) is 0 Å². The van der Waals surface area contributed by atoms with E-state index in [9.17, 15) is 4.79 Å². The van der Waals surface area contributed by atoms with E-state index in [4.69, 9.17) is 11.6 Å². The summed E-state index contributed by atoms with van der Waals surface area (Å²) in [5, 5.41) is 0.732. The van der Waals surface area contributed by atoms with E-state index >= 15 is 0 Å². The molecule has 0 aliphatic carbocycles. The van der Waals surface area contributed by atoms with Crippen LogP contribution in [0.15, 0.2) is 48.5 Å². The van der Waals surface area contributed by atoms with Crippen LogP contribution in [-0.2, 0) is 0 Å². The Balaban J connectivity index is 2.18. The van der Waals surface area contributed by atoms with Gasteiger partial charge in [0.2, 0.25) is 0 Å². The van der Waals surface area contributed by atoms with E-state index in [0.717, 1.165) is 34.6 Å². The van der Waals surface area contributed by atoms with Crippen molar-refractivity contribution in [2.45, 2.75) is 40.5 Å². The summed E-state index contributed by atoms with van der Waals surface area (Å²) in [6.07, 6.45) is 1.91. The van der Waals surface area contributed by atoms with Gasteiger partial charge in [-0.2, -0.15) is 0 Å². The van der Waals surface area contributed by atoms with E-state index in [1.54, 1.807) is 0 Å². The molecule has 0 atom stereocenters. The molecule has 1 nitrogen and oxygen atoms in total. The summed E-state index contributed by atoms with van der Waals surface area (Å²) in [5.74, 6) is 1.46. The molecule has 0 unspecified atom stereocenters. The normalized spacial score (nSPS) is 11.5. The highest BCUT2D eigenvalue weighted by Gasteiger charge is 2.22. The van der Waals surface area contributed by atoms with Gasteiger partial charge in [0.25, 0.3) is 0 Å². The number of hydrogen-bond donors (Lipinski definition) is 0. The molecule has 0 aromatic heterocycles. The fourth-order valence-electron chi connectivity index (χ4n) is 3.15. The van der Waals surface area contributed by atoms with Gasteiger partial charge in [-0.15, -0.1) is 0 Å². The Bertz CT molecular complexity index is 643. The molecule has 0 amide bonds. The zero-order valence-corrected chi connectivity index (χ0v) is 15.8. The number of hydrogen-bond acceptors (Lipinski definition) is 1. The third kappa shape index (κ3) is 5.21. The molecule has 24 heavy (non-hydrogen) atoms. The van der Waals surface area contributed by atoms with Crippen molar-refractivity contribution in [2.24, 2.45) is 17.8 Å². The Kier molecular flexibility index (Phi) is 6.62. The van der Waals surface area contributed by atoms with E-state index in [1.165, 1.54) is 0 Å². The predicted octanol–water partition coefficient (Wildman–Crippen LogP) is 6.90. The quantitative estimate of drug-likeness (QED) is 0.500. The fraction of sp³-hybridized carbons (Fsp3) is 0.409. The van der Waals surface area contributed by atoms with Crippen LogP contribution in [0.5, 0.6) is 0 Å². The fourth-order valence-corrected chi connectivity index (χ4v) is 3.28. The van der Waals surface area contributed by atoms with Gasteiger partial charge in [0.15, 0.2) is 5.78 Å². The number of benzene rings is 2. The minimum Gasteiger partial charge on any atom is -0.294 e. The van der Waals surface area contributed by atoms with Gasteiger partial charge in [-0.3, -0.25) is 4.79 Å². The van der Waals surface area contributed by atoms with Crippen molar-refractivity contribution < 1.29 is 4.79 Å². The summed E-state index contributed by atoms with van der Waals surface area (Å²) in [6, 6.07) is 15.7. The highest BCUT2D eigenvalue weighted by molar-refractivity contribution is 6.30. The number of halogens is 1. The molecule has 0 radical (unpaired) electrons. The average Bonchev–Trinajstić information content (AvgIpc) is 2.53. The third-order valence-corrected chi connectivity index (χ3v) is 4.48. The molecular formula is C22H27ClO. The molecule has 0 saturated carbocycles. The molecule has 2 rings (SSSR count). The second kappa shape index (κ2) is 8.48. The van der Waals surface area contributed by atoms with Crippen LogP contribution in [0.3, 0.4) is 0 Å². The zero-order chi connectivity index (χ0) is 17.7. The van der Waals surface area contributed by atoms with Crippen LogP contribution in [0.1, 0.15) is 50.9 Å². The van der Waals surface area contributed by atoms with Crippen molar-refractivity contribution in [1.29, 1.82) is 0 Å². The van der Waals surface area contributed by atoms with E-state index < -0.39 is 0 Å². The number of carbonyl (C=O) groups excluding carboxylic acids is 1. The summed E-state index contributed by atoms with van der Waals surface area (Å²) in [4.78, 5) is 12.9. The lowest BCUT2D eigenvalue weighted by molar-refractivity contribution is 0.0885. The van der Waals surface area contributed by atoms with Crippen molar-refractivity contribution in [2.75, 3.05) is 0 Å². The van der Waals surface area contributed by atoms with Crippen molar-refractivity contribution >= 4 is 17.4 Å². The van der Waals surface area contributed by atoms with Gasteiger partial charge in [-0.1, -0.05) is 75.7 Å². The Morgan fingerprint density at radius 2 is 1.21 bits per heavy atom. The van der Waals surface area contributed by atoms with Gasteiger partial charge >= 0.3 is 0 Å². The smallest absolute Gasteiger partial charge is 0.165 e. The minimum atomic E-state index is 0.117. The molecule has 0 N–H and O–H groups in total. The molecule has 0 bridgehead atoms. The lowest BCUT2D eigenvalue weighted by Crippen LogP contribution is -2.19. The second-order valence-electron chi connectivity index (χ2n) is 7.40. The van der Waals surface area contributed by atoms with Crippen molar-refractivity contribution in [3.05, 3.63) is 59.1 Å². The van der Waals surface area contributed by atoms with Crippen LogP contribution >= 0.6 is 11.6 Å². The van der Waals surface area contributed by atoms with E-state index in [2.05, 4.69) is 27.7 Å². The minimum absolute atomic E-state index is 0.117. The Morgan fingerprint density at radius 1 is 0.792 bits per heavy atom. The van der Waals surface area contributed by atoms with Crippen LogP contribution in [-0.4, -0.2) is 5.78 Å². The van der Waals surface area contributed by atoms with E-state index in [0.29, 0.717) is 11.8 Å². The first-order valence-electron chi connectivity index (χ1n) is 8.77. The molecule has 0 heterocycles. The maximum Gasteiger partial charge on any atom is 0.165 e. The first-order chi connectivity index (χ1) is 11.4. The lowest BCUT2D eigenvalue weighted by atomic mass is 9.83. The highest BCUT2D eigenvalue weighted by Crippen LogP contribution is 2.26. The number of ketones is 1. The molecule has 2 aromatic rings. The molecule has 0 spiro atoms. The van der Waals surface area contributed by atoms with Crippen LogP contribution in [0.4, 0.5) is 0 Å². The number of carbonyl (C=O) groups is 1. The third-order valence-electron chi connectivity index (χ3n) is 4.23. The van der Waals surface area contributed by atoms with Gasteiger partial charge in [0.05, 0.1) is 0 Å². The standard InChI is InChI=1S/C22H27ClO/c1-15(2)13-20(14-16(3)4)22(24)19-7-5-17(6-8-19)18-9-11-21(23)12-10-18/h5-12,15-16,20H,13-14H2,1-4H3. The highest BCUT2D eigenvalue weighted by atomic mass is 35.5. The summed E-state index contributed by atoms with van der Waals surface area (Å²) >= 11 is 5.94. The number of rotatable bonds is 7. The molecule has 0 saturated heterocycles. The van der Waals surface area contributed by atoms with E-state index in [1.807, 2.05) is 48.5 Å². The molecule has 0 aliphatic rings. The summed E-state index contributed by atoms with van der Waals surface area (Å²) in [5.41, 5.74) is 3.03. The molecule has 128 valence electrons.